The van der Waals surface area contributed by atoms with Gasteiger partial charge in [0.05, 0.1) is 11.2 Å². The van der Waals surface area contributed by atoms with Gasteiger partial charge in [-0.25, -0.2) is 16.8 Å². The second kappa shape index (κ2) is 4.91. The van der Waals surface area contributed by atoms with E-state index in [2.05, 4.69) is 0 Å². The van der Waals surface area contributed by atoms with E-state index in [1.165, 1.54) is 24.3 Å². The van der Waals surface area contributed by atoms with Gasteiger partial charge in [0.25, 0.3) is 10.0 Å². The van der Waals surface area contributed by atoms with Crippen molar-refractivity contribution in [3.63, 3.8) is 0 Å². The Labute approximate surface area is 105 Å². The molecule has 1 N–H and O–H groups in total. The maximum Gasteiger partial charge on any atom is 0.256 e. The van der Waals surface area contributed by atoms with Gasteiger partial charge < -0.3 is 0 Å². The Bertz CT molecular complexity index is 595. The number of nitrogens with zero attached hydrogens (tertiary/aromatic N) is 1. The first-order valence-electron chi connectivity index (χ1n) is 4.35. The number of halogens is 1. The van der Waals surface area contributed by atoms with Gasteiger partial charge in [0.2, 0.25) is 10.0 Å². The smallest absolute Gasteiger partial charge is 0.211 e. The summed E-state index contributed by atoms with van der Waals surface area (Å²) in [5.74, 6) is 0. The Hall–Kier alpha value is -0.670. The summed E-state index contributed by atoms with van der Waals surface area (Å²) >= 11 is 5.63. The molecule has 0 bridgehead atoms. The summed E-state index contributed by atoms with van der Waals surface area (Å²) in [6.45, 7) is 0. The second-order valence-electron chi connectivity index (χ2n) is 3.29. The van der Waals surface area contributed by atoms with Crippen molar-refractivity contribution in [3.8, 4) is 0 Å². The highest BCUT2D eigenvalue weighted by Crippen LogP contribution is 2.16. The van der Waals surface area contributed by atoms with Crippen LogP contribution in [0, 0.1) is 0 Å². The van der Waals surface area contributed by atoms with Crippen LogP contribution in [0.2, 0.25) is 5.02 Å². The zero-order valence-corrected chi connectivity index (χ0v) is 11.5. The molecular formula is C8H11ClN2O4S2. The number of benzene rings is 1. The molecule has 0 radical (unpaired) electrons. The topological polar surface area (TPSA) is 83.6 Å². The molecule has 0 spiro atoms. The molecule has 0 unspecified atom stereocenters. The quantitative estimate of drug-likeness (QED) is 0.817. The lowest BCUT2D eigenvalue weighted by Gasteiger charge is -2.16. The molecule has 1 aromatic rings. The molecule has 1 rings (SSSR count). The SMILES string of the molecule is CN(NS(C)(=O)=O)S(=O)(=O)c1ccc(Cl)cc1. The van der Waals surface area contributed by atoms with Crippen molar-refractivity contribution in [1.29, 1.82) is 0 Å². The van der Waals surface area contributed by atoms with E-state index in [0.29, 0.717) is 9.44 Å². The van der Waals surface area contributed by atoms with E-state index in [-0.39, 0.29) is 4.90 Å². The maximum absolute atomic E-state index is 11.9. The van der Waals surface area contributed by atoms with Crippen LogP contribution in [0.1, 0.15) is 0 Å². The van der Waals surface area contributed by atoms with E-state index in [4.69, 9.17) is 11.6 Å². The van der Waals surface area contributed by atoms with Crippen LogP contribution in [0.3, 0.4) is 0 Å². The third kappa shape index (κ3) is 3.93. The van der Waals surface area contributed by atoms with Gasteiger partial charge in [-0.15, -0.1) is 9.25 Å². The molecule has 0 atom stereocenters. The molecule has 0 heterocycles. The molecule has 0 aliphatic rings. The molecule has 1 aromatic carbocycles. The number of hydrogen-bond donors (Lipinski definition) is 1. The fourth-order valence-corrected chi connectivity index (χ4v) is 3.24. The van der Waals surface area contributed by atoms with Crippen molar-refractivity contribution in [2.24, 2.45) is 0 Å². The van der Waals surface area contributed by atoms with Crippen LogP contribution in [0.5, 0.6) is 0 Å². The van der Waals surface area contributed by atoms with Crippen molar-refractivity contribution in [3.05, 3.63) is 29.3 Å². The van der Waals surface area contributed by atoms with Crippen LogP contribution in [0.15, 0.2) is 29.2 Å². The first-order valence-corrected chi connectivity index (χ1v) is 8.06. The molecule has 96 valence electrons. The van der Waals surface area contributed by atoms with E-state index in [1.54, 1.807) is 0 Å². The van der Waals surface area contributed by atoms with E-state index < -0.39 is 20.0 Å². The minimum absolute atomic E-state index is 0.0550. The molecule has 9 heteroatoms. The number of rotatable bonds is 4. The molecule has 0 aliphatic carbocycles. The highest BCUT2D eigenvalue weighted by Gasteiger charge is 2.23. The Morgan fingerprint density at radius 2 is 1.59 bits per heavy atom. The number of hydrogen-bond acceptors (Lipinski definition) is 4. The summed E-state index contributed by atoms with van der Waals surface area (Å²) in [5, 5.41) is 0.391. The molecule has 0 saturated carbocycles. The van der Waals surface area contributed by atoms with Crippen LogP contribution >= 0.6 is 11.6 Å². The molecule has 6 nitrogen and oxygen atoms in total. The van der Waals surface area contributed by atoms with Crippen molar-refractivity contribution in [2.75, 3.05) is 13.3 Å². The molecule has 0 fully saturated rings. The van der Waals surface area contributed by atoms with Gasteiger partial charge in [-0.3, -0.25) is 0 Å². The highest BCUT2D eigenvalue weighted by molar-refractivity contribution is 7.91. The predicted molar refractivity (Wildman–Crippen MR) is 64.4 cm³/mol. The average molecular weight is 299 g/mol. The van der Waals surface area contributed by atoms with Crippen LogP contribution in [0.4, 0.5) is 0 Å². The van der Waals surface area contributed by atoms with E-state index >= 15 is 0 Å². The number of hydrazine groups is 1. The fourth-order valence-electron chi connectivity index (χ4n) is 1.05. The van der Waals surface area contributed by atoms with Crippen molar-refractivity contribution in [1.82, 2.24) is 9.25 Å². The van der Waals surface area contributed by atoms with E-state index in [0.717, 1.165) is 13.3 Å². The monoisotopic (exact) mass is 298 g/mol. The number of nitrogens with one attached hydrogen (secondary N) is 1. The molecule has 17 heavy (non-hydrogen) atoms. The lowest BCUT2D eigenvalue weighted by molar-refractivity contribution is 0.434. The zero-order valence-electron chi connectivity index (χ0n) is 9.08. The summed E-state index contributed by atoms with van der Waals surface area (Å²) in [6, 6.07) is 5.39. The first-order chi connectivity index (χ1) is 7.63. The van der Waals surface area contributed by atoms with Gasteiger partial charge in [0.1, 0.15) is 0 Å². The van der Waals surface area contributed by atoms with Crippen LogP contribution < -0.4 is 4.83 Å². The normalized spacial score (nSPS) is 12.9. The number of sulfonamides is 2. The van der Waals surface area contributed by atoms with Crippen LogP contribution in [0.25, 0.3) is 0 Å². The van der Waals surface area contributed by atoms with E-state index in [9.17, 15) is 16.8 Å². The van der Waals surface area contributed by atoms with Gasteiger partial charge in [0.15, 0.2) is 0 Å². The maximum atomic E-state index is 11.9. The largest absolute Gasteiger partial charge is 0.256 e. The molecule has 0 saturated heterocycles. The minimum atomic E-state index is -3.90. The third-order valence-corrected chi connectivity index (χ3v) is 4.42. The summed E-state index contributed by atoms with van der Waals surface area (Å²) in [4.78, 5) is 1.80. The van der Waals surface area contributed by atoms with Crippen molar-refractivity contribution < 1.29 is 16.8 Å². The predicted octanol–water partition coefficient (Wildman–Crippen LogP) is 0.425. The van der Waals surface area contributed by atoms with Gasteiger partial charge in [-0.2, -0.15) is 0 Å². The Balaban J connectivity index is 3.07. The third-order valence-electron chi connectivity index (χ3n) is 1.77. The summed E-state index contributed by atoms with van der Waals surface area (Å²) < 4.78 is 46.2. The van der Waals surface area contributed by atoms with Gasteiger partial charge in [-0.1, -0.05) is 11.6 Å². The standard InChI is InChI=1S/C8H11ClN2O4S2/c1-11(10-16(2,12)13)17(14,15)8-5-3-7(9)4-6-8/h3-6,10H,1-2H3. The zero-order chi connectivity index (χ0) is 13.3. The second-order valence-corrected chi connectivity index (χ2v) is 7.42. The lowest BCUT2D eigenvalue weighted by atomic mass is 10.4. The Kier molecular flexibility index (Phi) is 4.15. The van der Waals surface area contributed by atoms with E-state index in [1.807, 2.05) is 4.83 Å². The Morgan fingerprint density at radius 3 is 2.00 bits per heavy atom. The average Bonchev–Trinajstić information content (AvgIpc) is 2.15. The summed E-state index contributed by atoms with van der Waals surface area (Å²) in [6.07, 6.45) is 0.862. The fraction of sp³-hybridized carbons (Fsp3) is 0.250. The summed E-state index contributed by atoms with van der Waals surface area (Å²) in [5.41, 5.74) is 0. The summed E-state index contributed by atoms with van der Waals surface area (Å²) in [7, 11) is -6.45. The molecule has 0 amide bonds. The van der Waals surface area contributed by atoms with Gasteiger partial charge >= 0.3 is 0 Å². The van der Waals surface area contributed by atoms with Crippen molar-refractivity contribution in [2.45, 2.75) is 4.90 Å². The van der Waals surface area contributed by atoms with Crippen LogP contribution in [-0.2, 0) is 20.0 Å². The van der Waals surface area contributed by atoms with Crippen LogP contribution in [-0.4, -0.2) is 34.6 Å². The van der Waals surface area contributed by atoms with Crippen molar-refractivity contribution >= 4 is 31.6 Å². The minimum Gasteiger partial charge on any atom is -0.211 e. The molecular weight excluding hydrogens is 288 g/mol. The first kappa shape index (κ1) is 14.4. The molecule has 0 aliphatic heterocycles. The van der Waals surface area contributed by atoms with Gasteiger partial charge in [-0.05, 0) is 24.3 Å². The highest BCUT2D eigenvalue weighted by atomic mass is 35.5. The lowest BCUT2D eigenvalue weighted by Crippen LogP contribution is -2.42. The van der Waals surface area contributed by atoms with Gasteiger partial charge in [0, 0.05) is 12.1 Å². The molecule has 0 aromatic heterocycles. The Morgan fingerprint density at radius 1 is 1.12 bits per heavy atom.